The summed E-state index contributed by atoms with van der Waals surface area (Å²) in [6.45, 7) is 4.48. The van der Waals surface area contributed by atoms with Crippen LogP contribution < -0.4 is 4.74 Å². The summed E-state index contributed by atoms with van der Waals surface area (Å²) in [6, 6.07) is 13.5. The molecule has 1 aromatic heterocycles. The van der Waals surface area contributed by atoms with Crippen molar-refractivity contribution in [1.82, 2.24) is 19.9 Å². The lowest BCUT2D eigenvalue weighted by atomic mass is 9.80. The maximum atomic E-state index is 13.6. The van der Waals surface area contributed by atoms with Crippen molar-refractivity contribution in [2.75, 3.05) is 6.54 Å². The van der Waals surface area contributed by atoms with Crippen LogP contribution in [0.4, 0.5) is 0 Å². The number of piperidine rings is 1. The number of fused-ring (bicyclic) bond motifs is 1. The van der Waals surface area contributed by atoms with Gasteiger partial charge >= 0.3 is 0 Å². The standard InChI is InChI=1S/C26H30N4O3/c1-18-12-13-19(33-24-11-5-9-22-20(24)8-6-14-26(22,2)32)17-29(18)25(31)21-7-3-4-10-23(21)30-27-15-16-28-30/h3-5,7,9-11,15-16,18-19,32H,6,8,12-14,17H2,1-2H3/t18-,19-,26?/m1/s1. The van der Waals surface area contributed by atoms with Gasteiger partial charge in [0.25, 0.3) is 5.91 Å². The average molecular weight is 447 g/mol. The van der Waals surface area contributed by atoms with Gasteiger partial charge in [-0.25, -0.2) is 0 Å². The van der Waals surface area contributed by atoms with Crippen molar-refractivity contribution in [3.63, 3.8) is 0 Å². The van der Waals surface area contributed by atoms with E-state index < -0.39 is 5.60 Å². The van der Waals surface area contributed by atoms with Gasteiger partial charge in [0.1, 0.15) is 11.9 Å². The average Bonchev–Trinajstić information content (AvgIpc) is 3.35. The summed E-state index contributed by atoms with van der Waals surface area (Å²) in [5.74, 6) is 0.794. The highest BCUT2D eigenvalue weighted by atomic mass is 16.5. The predicted octanol–water partition coefficient (Wildman–Crippen LogP) is 3.88. The van der Waals surface area contributed by atoms with Crippen LogP contribution in [0.2, 0.25) is 0 Å². The van der Waals surface area contributed by atoms with Crippen molar-refractivity contribution in [3.8, 4) is 11.4 Å². The van der Waals surface area contributed by atoms with Crippen molar-refractivity contribution in [3.05, 3.63) is 71.5 Å². The molecule has 3 atom stereocenters. The van der Waals surface area contributed by atoms with Crippen molar-refractivity contribution >= 4 is 5.91 Å². The van der Waals surface area contributed by atoms with Crippen LogP contribution in [0.25, 0.3) is 5.69 Å². The second-order valence-corrected chi connectivity index (χ2v) is 9.37. The van der Waals surface area contributed by atoms with Crippen LogP contribution in [0.1, 0.15) is 61.0 Å². The SMILES string of the molecule is C[C@@H]1CC[C@@H](Oc2cccc3c2CCCC3(C)O)CN1C(=O)c1ccccc1-n1nccn1. The molecule has 7 heteroatoms. The minimum atomic E-state index is -0.819. The summed E-state index contributed by atoms with van der Waals surface area (Å²) < 4.78 is 6.48. The Balaban J connectivity index is 1.38. The number of hydrogen-bond donors (Lipinski definition) is 1. The highest BCUT2D eigenvalue weighted by Gasteiger charge is 2.34. The third-order valence-corrected chi connectivity index (χ3v) is 6.97. The van der Waals surface area contributed by atoms with Crippen LogP contribution in [0, 0.1) is 0 Å². The number of hydrogen-bond acceptors (Lipinski definition) is 5. The Morgan fingerprint density at radius 3 is 2.73 bits per heavy atom. The van der Waals surface area contributed by atoms with Gasteiger partial charge < -0.3 is 14.7 Å². The molecule has 1 fully saturated rings. The first-order valence-electron chi connectivity index (χ1n) is 11.7. The normalized spacial score (nSPS) is 24.9. The van der Waals surface area contributed by atoms with Gasteiger partial charge in [-0.15, -0.1) is 0 Å². The van der Waals surface area contributed by atoms with E-state index in [9.17, 15) is 9.90 Å². The van der Waals surface area contributed by atoms with E-state index in [2.05, 4.69) is 17.1 Å². The first kappa shape index (κ1) is 21.6. The highest BCUT2D eigenvalue weighted by Crippen LogP contribution is 2.39. The lowest BCUT2D eigenvalue weighted by Crippen LogP contribution is -2.49. The van der Waals surface area contributed by atoms with Gasteiger partial charge in [0.15, 0.2) is 0 Å². The summed E-state index contributed by atoms with van der Waals surface area (Å²) >= 11 is 0. The van der Waals surface area contributed by atoms with Crippen LogP contribution in [0.5, 0.6) is 5.75 Å². The topological polar surface area (TPSA) is 80.5 Å². The molecule has 1 amide bonds. The molecule has 0 bridgehead atoms. The monoisotopic (exact) mass is 446 g/mol. The number of rotatable bonds is 4. The number of benzene rings is 2. The summed E-state index contributed by atoms with van der Waals surface area (Å²) in [4.78, 5) is 17.0. The molecule has 7 nitrogen and oxygen atoms in total. The molecule has 33 heavy (non-hydrogen) atoms. The van der Waals surface area contributed by atoms with Gasteiger partial charge in [-0.2, -0.15) is 15.0 Å². The van der Waals surface area contributed by atoms with Gasteiger partial charge in [-0.3, -0.25) is 4.79 Å². The molecule has 0 spiro atoms. The molecule has 1 saturated heterocycles. The van der Waals surface area contributed by atoms with Gasteiger partial charge in [-0.05, 0) is 69.7 Å². The van der Waals surface area contributed by atoms with Gasteiger partial charge in [-0.1, -0.05) is 24.3 Å². The Bertz CT molecular complexity index is 1140. The number of para-hydroxylation sites is 1. The van der Waals surface area contributed by atoms with E-state index >= 15 is 0 Å². The summed E-state index contributed by atoms with van der Waals surface area (Å²) in [7, 11) is 0. The highest BCUT2D eigenvalue weighted by molar-refractivity contribution is 5.98. The van der Waals surface area contributed by atoms with E-state index in [0.717, 1.165) is 49.0 Å². The minimum Gasteiger partial charge on any atom is -0.488 e. The Labute approximate surface area is 194 Å². The Morgan fingerprint density at radius 1 is 1.12 bits per heavy atom. The van der Waals surface area contributed by atoms with E-state index in [-0.39, 0.29) is 18.1 Å². The van der Waals surface area contributed by atoms with Crippen molar-refractivity contribution in [1.29, 1.82) is 0 Å². The van der Waals surface area contributed by atoms with E-state index in [1.165, 1.54) is 4.80 Å². The van der Waals surface area contributed by atoms with Crippen LogP contribution in [0.3, 0.4) is 0 Å². The molecule has 2 aliphatic rings. The molecule has 1 aliphatic heterocycles. The van der Waals surface area contributed by atoms with Gasteiger partial charge in [0, 0.05) is 11.6 Å². The number of carbonyl (C=O) groups is 1. The summed E-state index contributed by atoms with van der Waals surface area (Å²) in [5, 5.41) is 19.2. The molecule has 2 aromatic carbocycles. The third-order valence-electron chi connectivity index (χ3n) is 6.97. The van der Waals surface area contributed by atoms with Crippen molar-refractivity contribution in [2.24, 2.45) is 0 Å². The third kappa shape index (κ3) is 4.13. The van der Waals surface area contributed by atoms with E-state index in [4.69, 9.17) is 4.74 Å². The number of aliphatic hydroxyl groups is 1. The fourth-order valence-corrected chi connectivity index (χ4v) is 5.14. The number of ether oxygens (including phenoxy) is 1. The smallest absolute Gasteiger partial charge is 0.256 e. The second-order valence-electron chi connectivity index (χ2n) is 9.37. The fourth-order valence-electron chi connectivity index (χ4n) is 5.14. The predicted molar refractivity (Wildman–Crippen MR) is 124 cm³/mol. The number of amides is 1. The van der Waals surface area contributed by atoms with Crippen molar-refractivity contribution < 1.29 is 14.6 Å². The number of aromatic nitrogens is 3. The summed E-state index contributed by atoms with van der Waals surface area (Å²) in [6.07, 6.45) is 7.45. The number of likely N-dealkylation sites (tertiary alicyclic amines) is 1. The fraction of sp³-hybridized carbons (Fsp3) is 0.423. The molecule has 3 aromatic rings. The first-order chi connectivity index (χ1) is 15.9. The maximum Gasteiger partial charge on any atom is 0.256 e. The molecular weight excluding hydrogens is 416 g/mol. The van der Waals surface area contributed by atoms with Crippen LogP contribution in [0.15, 0.2) is 54.9 Å². The summed E-state index contributed by atoms with van der Waals surface area (Å²) in [5.41, 5.74) is 2.49. The molecule has 5 rings (SSSR count). The quantitative estimate of drug-likeness (QED) is 0.658. The second kappa shape index (κ2) is 8.63. The van der Waals surface area contributed by atoms with E-state index in [1.54, 1.807) is 12.4 Å². The largest absolute Gasteiger partial charge is 0.488 e. The van der Waals surface area contributed by atoms with E-state index in [0.29, 0.717) is 17.8 Å². The zero-order valence-electron chi connectivity index (χ0n) is 19.1. The Morgan fingerprint density at radius 2 is 1.91 bits per heavy atom. The first-order valence-corrected chi connectivity index (χ1v) is 11.7. The minimum absolute atomic E-state index is 0.0401. The van der Waals surface area contributed by atoms with Crippen LogP contribution in [-0.4, -0.2) is 49.6 Å². The lowest BCUT2D eigenvalue weighted by molar-refractivity contribution is 0.0329. The molecule has 0 radical (unpaired) electrons. The number of nitrogens with zero attached hydrogens (tertiary/aromatic N) is 4. The van der Waals surface area contributed by atoms with Gasteiger partial charge in [0.2, 0.25) is 0 Å². The Hall–Kier alpha value is -3.19. The maximum absolute atomic E-state index is 13.6. The number of carbonyl (C=O) groups excluding carboxylic acids is 1. The molecule has 0 saturated carbocycles. The molecule has 1 aliphatic carbocycles. The molecule has 2 heterocycles. The molecule has 172 valence electrons. The van der Waals surface area contributed by atoms with Gasteiger partial charge in [0.05, 0.1) is 35.8 Å². The molecular formula is C26H30N4O3. The van der Waals surface area contributed by atoms with E-state index in [1.807, 2.05) is 54.3 Å². The molecule has 1 N–H and O–H groups in total. The zero-order valence-corrected chi connectivity index (χ0v) is 19.1. The van der Waals surface area contributed by atoms with Crippen LogP contribution in [-0.2, 0) is 12.0 Å². The zero-order chi connectivity index (χ0) is 23.0. The molecule has 1 unspecified atom stereocenters. The van der Waals surface area contributed by atoms with Crippen molar-refractivity contribution in [2.45, 2.75) is 63.7 Å². The lowest BCUT2D eigenvalue weighted by Gasteiger charge is -2.39. The Kier molecular flexibility index (Phi) is 5.66. The van der Waals surface area contributed by atoms with Crippen LogP contribution >= 0.6 is 0 Å².